The van der Waals surface area contributed by atoms with Gasteiger partial charge < -0.3 is 15.5 Å². The van der Waals surface area contributed by atoms with Gasteiger partial charge in [0.05, 0.1) is 17.0 Å². The predicted molar refractivity (Wildman–Crippen MR) is 95.0 cm³/mol. The first-order valence-corrected chi connectivity index (χ1v) is 7.89. The first-order valence-electron chi connectivity index (χ1n) is 7.89. The fourth-order valence-electron chi connectivity index (χ4n) is 3.26. The Morgan fingerprint density at radius 2 is 1.88 bits per heavy atom. The van der Waals surface area contributed by atoms with Gasteiger partial charge in [-0.25, -0.2) is 0 Å². The van der Waals surface area contributed by atoms with E-state index in [1.165, 1.54) is 0 Å². The molecule has 5 heteroatoms. The molecule has 0 spiro atoms. The lowest BCUT2D eigenvalue weighted by Gasteiger charge is -2.26. The van der Waals surface area contributed by atoms with E-state index in [0.29, 0.717) is 16.8 Å². The van der Waals surface area contributed by atoms with Crippen molar-refractivity contribution in [1.82, 2.24) is 4.98 Å². The van der Waals surface area contributed by atoms with E-state index in [-0.39, 0.29) is 17.0 Å². The second-order valence-corrected chi connectivity index (χ2v) is 6.08. The van der Waals surface area contributed by atoms with Gasteiger partial charge in [0.2, 0.25) is 5.88 Å². The number of hydrogen-bond donors (Lipinski definition) is 2. The molecule has 4 rings (SSSR count). The number of nitrogens with two attached hydrogens (primary N) is 1. The van der Waals surface area contributed by atoms with Crippen molar-refractivity contribution in [3.63, 3.8) is 0 Å². The van der Waals surface area contributed by atoms with Crippen LogP contribution in [-0.4, -0.2) is 4.98 Å². The van der Waals surface area contributed by atoms with Crippen LogP contribution in [0.5, 0.6) is 5.75 Å². The van der Waals surface area contributed by atoms with Gasteiger partial charge in [-0.3, -0.25) is 4.79 Å². The summed E-state index contributed by atoms with van der Waals surface area (Å²) < 4.78 is 5.72. The van der Waals surface area contributed by atoms with Gasteiger partial charge in [0.1, 0.15) is 17.4 Å². The van der Waals surface area contributed by atoms with Gasteiger partial charge in [0.15, 0.2) is 0 Å². The number of hydrogen-bond acceptors (Lipinski definition) is 4. The minimum atomic E-state index is -0.553. The lowest BCUT2D eigenvalue weighted by atomic mass is 9.83. The van der Waals surface area contributed by atoms with E-state index < -0.39 is 5.92 Å². The molecule has 0 amide bonds. The second kappa shape index (κ2) is 5.53. The highest BCUT2D eigenvalue weighted by Gasteiger charge is 2.34. The van der Waals surface area contributed by atoms with Gasteiger partial charge in [0, 0.05) is 5.39 Å². The van der Waals surface area contributed by atoms with Crippen LogP contribution in [0.3, 0.4) is 0 Å². The molecule has 25 heavy (non-hydrogen) atoms. The van der Waals surface area contributed by atoms with Gasteiger partial charge in [0.25, 0.3) is 5.56 Å². The summed E-state index contributed by atoms with van der Waals surface area (Å²) in [4.78, 5) is 15.7. The van der Waals surface area contributed by atoms with Crippen molar-refractivity contribution in [2.45, 2.75) is 12.8 Å². The smallest absolute Gasteiger partial charge is 0.256 e. The summed E-state index contributed by atoms with van der Waals surface area (Å²) in [5.74, 6) is -0.0968. The highest BCUT2D eigenvalue weighted by Crippen LogP contribution is 2.42. The minimum absolute atomic E-state index is 0.0383. The monoisotopic (exact) mass is 329 g/mol. The molecule has 1 aliphatic heterocycles. The maximum absolute atomic E-state index is 12.8. The number of ether oxygens (including phenoxy) is 1. The number of para-hydroxylation sites is 1. The van der Waals surface area contributed by atoms with Crippen LogP contribution in [-0.2, 0) is 0 Å². The Kier molecular flexibility index (Phi) is 3.33. The predicted octanol–water partition coefficient (Wildman–Crippen LogP) is 3.05. The van der Waals surface area contributed by atoms with E-state index in [4.69, 9.17) is 10.5 Å². The van der Waals surface area contributed by atoms with E-state index in [2.05, 4.69) is 11.1 Å². The van der Waals surface area contributed by atoms with Crippen LogP contribution in [0.4, 0.5) is 0 Å². The van der Waals surface area contributed by atoms with Gasteiger partial charge in [-0.05, 0) is 24.6 Å². The molecule has 3 N–H and O–H groups in total. The number of rotatable bonds is 1. The largest absolute Gasteiger partial charge is 0.439 e. The number of pyridine rings is 1. The number of benzene rings is 2. The van der Waals surface area contributed by atoms with Crippen molar-refractivity contribution in [2.75, 3.05) is 0 Å². The second-order valence-electron chi connectivity index (χ2n) is 6.08. The Bertz CT molecular complexity index is 1120. The molecule has 1 atom stereocenters. The number of aromatic amines is 1. The van der Waals surface area contributed by atoms with Crippen LogP contribution < -0.4 is 16.0 Å². The zero-order valence-corrected chi connectivity index (χ0v) is 13.5. The number of aryl methyl sites for hydroxylation is 1. The molecule has 0 aliphatic carbocycles. The van der Waals surface area contributed by atoms with Crippen LogP contribution in [0.25, 0.3) is 10.9 Å². The van der Waals surface area contributed by atoms with E-state index in [9.17, 15) is 10.1 Å². The Balaban J connectivity index is 2.08. The van der Waals surface area contributed by atoms with E-state index in [1.54, 1.807) is 6.07 Å². The highest BCUT2D eigenvalue weighted by molar-refractivity contribution is 5.87. The molecule has 2 aromatic carbocycles. The number of aromatic nitrogens is 1. The Hall–Kier alpha value is -3.52. The molecule has 122 valence electrons. The first kappa shape index (κ1) is 15.0. The fourth-order valence-corrected chi connectivity index (χ4v) is 3.26. The average Bonchev–Trinajstić information content (AvgIpc) is 2.61. The molecule has 0 bridgehead atoms. The molecule has 5 nitrogen and oxygen atoms in total. The average molecular weight is 329 g/mol. The summed E-state index contributed by atoms with van der Waals surface area (Å²) in [7, 11) is 0. The van der Waals surface area contributed by atoms with Gasteiger partial charge >= 0.3 is 0 Å². The van der Waals surface area contributed by atoms with Gasteiger partial charge in [-0.2, -0.15) is 5.26 Å². The van der Waals surface area contributed by atoms with E-state index >= 15 is 0 Å². The van der Waals surface area contributed by atoms with Gasteiger partial charge in [-0.1, -0.05) is 42.0 Å². The summed E-state index contributed by atoms with van der Waals surface area (Å²) in [6, 6.07) is 17.2. The maximum Gasteiger partial charge on any atom is 0.256 e. The zero-order chi connectivity index (χ0) is 17.6. The summed E-state index contributed by atoms with van der Waals surface area (Å²) in [5.41, 5.74) is 9.00. The number of H-pyrrole nitrogens is 1. The molecule has 1 aliphatic rings. The molecule has 0 radical (unpaired) electrons. The number of fused-ring (bicyclic) bond motifs is 3. The van der Waals surface area contributed by atoms with Gasteiger partial charge in [-0.15, -0.1) is 0 Å². The van der Waals surface area contributed by atoms with Crippen molar-refractivity contribution in [1.29, 1.82) is 5.26 Å². The first-order chi connectivity index (χ1) is 12.1. The molecule has 0 saturated carbocycles. The molecule has 3 aromatic rings. The van der Waals surface area contributed by atoms with Crippen molar-refractivity contribution >= 4 is 10.9 Å². The quantitative estimate of drug-likeness (QED) is 0.718. The number of nitrogens with one attached hydrogen (secondary N) is 1. The Labute approximate surface area is 144 Å². The highest BCUT2D eigenvalue weighted by atomic mass is 16.5. The van der Waals surface area contributed by atoms with Crippen LogP contribution in [0.15, 0.2) is 64.8 Å². The Morgan fingerprint density at radius 3 is 2.60 bits per heavy atom. The molecule has 1 aromatic heterocycles. The SMILES string of the molecule is Cc1ccc(C2C(C#N)=C(N)Oc3c2c(=O)[nH]c2ccccc32)cc1. The molecular weight excluding hydrogens is 314 g/mol. The third kappa shape index (κ3) is 2.27. The summed E-state index contributed by atoms with van der Waals surface area (Å²) in [6.45, 7) is 1.98. The number of nitriles is 1. The fraction of sp³-hybridized carbons (Fsp3) is 0.100. The molecule has 2 heterocycles. The zero-order valence-electron chi connectivity index (χ0n) is 13.5. The van der Waals surface area contributed by atoms with Crippen LogP contribution in [0.2, 0.25) is 0 Å². The lowest BCUT2D eigenvalue weighted by Crippen LogP contribution is -2.27. The number of nitrogens with zero attached hydrogens (tertiary/aromatic N) is 1. The van der Waals surface area contributed by atoms with Crippen molar-refractivity contribution in [3.8, 4) is 11.8 Å². The van der Waals surface area contributed by atoms with Crippen LogP contribution in [0.1, 0.15) is 22.6 Å². The molecular formula is C20H15N3O2. The molecule has 1 unspecified atom stereocenters. The summed E-state index contributed by atoms with van der Waals surface area (Å²) >= 11 is 0. The number of allylic oxidation sites excluding steroid dienone is 1. The summed E-state index contributed by atoms with van der Waals surface area (Å²) in [5, 5.41) is 10.4. The maximum atomic E-state index is 12.8. The lowest BCUT2D eigenvalue weighted by molar-refractivity contribution is 0.397. The third-order valence-corrected chi connectivity index (χ3v) is 4.50. The Morgan fingerprint density at radius 1 is 1.16 bits per heavy atom. The van der Waals surface area contributed by atoms with E-state index in [1.807, 2.05) is 49.4 Å². The van der Waals surface area contributed by atoms with Crippen molar-refractivity contribution < 1.29 is 4.74 Å². The standard InChI is InChI=1S/C20H15N3O2/c1-11-6-8-12(9-7-11)16-14(10-21)19(22)25-18-13-4-2-3-5-15(13)23-20(24)17(16)18/h2-9,16H,22H2,1H3,(H,23,24). The minimum Gasteiger partial charge on any atom is -0.439 e. The summed E-state index contributed by atoms with van der Waals surface area (Å²) in [6.07, 6.45) is 0. The van der Waals surface area contributed by atoms with Crippen LogP contribution in [0, 0.1) is 18.3 Å². The van der Waals surface area contributed by atoms with Crippen LogP contribution >= 0.6 is 0 Å². The topological polar surface area (TPSA) is 91.9 Å². The van der Waals surface area contributed by atoms with Crippen molar-refractivity contribution in [2.24, 2.45) is 5.73 Å². The molecule has 0 fully saturated rings. The molecule has 0 saturated heterocycles. The third-order valence-electron chi connectivity index (χ3n) is 4.50. The normalized spacial score (nSPS) is 16.2. The van der Waals surface area contributed by atoms with Crippen molar-refractivity contribution in [3.05, 3.63) is 87.0 Å². The van der Waals surface area contributed by atoms with E-state index in [0.717, 1.165) is 16.5 Å².